The van der Waals surface area contributed by atoms with Crippen LogP contribution in [0, 0.1) is 0 Å². The Hall–Kier alpha value is -2.54. The summed E-state index contributed by atoms with van der Waals surface area (Å²) < 4.78 is 1.19. The van der Waals surface area contributed by atoms with Crippen molar-refractivity contribution in [3.63, 3.8) is 0 Å². The molecule has 2 aromatic carbocycles. The van der Waals surface area contributed by atoms with Gasteiger partial charge >= 0.3 is 0 Å². The molecule has 5 nitrogen and oxygen atoms in total. The van der Waals surface area contributed by atoms with Gasteiger partial charge in [-0.15, -0.1) is 11.3 Å². The van der Waals surface area contributed by atoms with Gasteiger partial charge in [0.1, 0.15) is 6.29 Å². The number of fused-ring (bicyclic) bond motifs is 1. The molecule has 1 saturated heterocycles. The van der Waals surface area contributed by atoms with E-state index in [-0.39, 0.29) is 11.9 Å². The van der Waals surface area contributed by atoms with Crippen LogP contribution in [-0.2, 0) is 22.6 Å². The van der Waals surface area contributed by atoms with Crippen molar-refractivity contribution in [3.05, 3.63) is 71.1 Å². The summed E-state index contributed by atoms with van der Waals surface area (Å²) in [7, 11) is 0. The number of benzene rings is 2. The number of aldehydes is 1. The first-order valence-corrected chi connectivity index (χ1v) is 11.3. The molecule has 0 saturated carbocycles. The number of carbonyl (C=O) groups excluding carboxylic acids is 2. The van der Waals surface area contributed by atoms with Gasteiger partial charge in [-0.25, -0.2) is 0 Å². The SMILES string of the molecule is N[C@@H](Cc1csc2ccccc12)C(=O)N[C@H](C=O)C1CCCN1Cc1ccccc1. The van der Waals surface area contributed by atoms with Crippen molar-refractivity contribution in [3.8, 4) is 0 Å². The number of hydrogen-bond acceptors (Lipinski definition) is 5. The number of amides is 1. The molecule has 0 spiro atoms. The first-order chi connectivity index (χ1) is 14.7. The zero-order valence-corrected chi connectivity index (χ0v) is 17.7. The van der Waals surface area contributed by atoms with Crippen LogP contribution in [0.2, 0.25) is 0 Å². The van der Waals surface area contributed by atoms with Gasteiger partial charge in [0, 0.05) is 17.3 Å². The molecule has 3 atom stereocenters. The van der Waals surface area contributed by atoms with E-state index < -0.39 is 12.1 Å². The Labute approximate surface area is 180 Å². The van der Waals surface area contributed by atoms with Gasteiger partial charge in [-0.2, -0.15) is 0 Å². The van der Waals surface area contributed by atoms with Crippen LogP contribution in [0.3, 0.4) is 0 Å². The number of nitrogens with zero attached hydrogens (tertiary/aromatic N) is 1. The molecule has 1 unspecified atom stereocenters. The van der Waals surface area contributed by atoms with Crippen LogP contribution in [0.5, 0.6) is 0 Å². The number of nitrogens with two attached hydrogens (primary N) is 1. The lowest BCUT2D eigenvalue weighted by Gasteiger charge is -2.30. The minimum absolute atomic E-state index is 0.000772. The van der Waals surface area contributed by atoms with Crippen molar-refractivity contribution in [1.82, 2.24) is 10.2 Å². The second-order valence-electron chi connectivity index (χ2n) is 7.90. The fourth-order valence-corrected chi connectivity index (χ4v) is 5.26. The van der Waals surface area contributed by atoms with Gasteiger partial charge in [0.05, 0.1) is 12.1 Å². The topological polar surface area (TPSA) is 75.4 Å². The third kappa shape index (κ3) is 4.61. The molecule has 6 heteroatoms. The van der Waals surface area contributed by atoms with E-state index in [9.17, 15) is 9.59 Å². The third-order valence-corrected chi connectivity index (χ3v) is 6.86. The van der Waals surface area contributed by atoms with Crippen molar-refractivity contribution < 1.29 is 9.59 Å². The molecular formula is C24H27N3O2S. The van der Waals surface area contributed by atoms with E-state index >= 15 is 0 Å². The Kier molecular flexibility index (Phi) is 6.57. The van der Waals surface area contributed by atoms with Crippen LogP contribution in [0.25, 0.3) is 10.1 Å². The van der Waals surface area contributed by atoms with Crippen molar-refractivity contribution in [2.24, 2.45) is 5.73 Å². The maximum atomic E-state index is 12.8. The highest BCUT2D eigenvalue weighted by Gasteiger charge is 2.33. The molecule has 0 aliphatic carbocycles. The molecule has 3 N–H and O–H groups in total. The quantitative estimate of drug-likeness (QED) is 0.548. The summed E-state index contributed by atoms with van der Waals surface area (Å²) in [6.45, 7) is 1.70. The lowest BCUT2D eigenvalue weighted by Crippen LogP contribution is -2.54. The first-order valence-electron chi connectivity index (χ1n) is 10.4. The van der Waals surface area contributed by atoms with Gasteiger partial charge in [0.25, 0.3) is 0 Å². The first kappa shape index (κ1) is 20.7. The highest BCUT2D eigenvalue weighted by atomic mass is 32.1. The standard InChI is InChI=1S/C24H27N3O2S/c25-20(13-18-16-30-23-11-5-4-9-19(18)23)24(29)26-21(15-28)22-10-6-12-27(22)14-17-7-2-1-3-8-17/h1-5,7-9,11,15-16,20-22H,6,10,12-14,25H2,(H,26,29)/t20-,21+,22?/m0/s1. The predicted octanol–water partition coefficient (Wildman–Crippen LogP) is 3.12. The van der Waals surface area contributed by atoms with Crippen molar-refractivity contribution >= 4 is 33.6 Å². The second-order valence-corrected chi connectivity index (χ2v) is 8.82. The maximum absolute atomic E-state index is 12.8. The Morgan fingerprint density at radius 3 is 2.77 bits per heavy atom. The molecule has 2 heterocycles. The van der Waals surface area contributed by atoms with Crippen LogP contribution >= 0.6 is 11.3 Å². The summed E-state index contributed by atoms with van der Waals surface area (Å²) in [5.74, 6) is -0.269. The van der Waals surface area contributed by atoms with Crippen molar-refractivity contribution in [1.29, 1.82) is 0 Å². The smallest absolute Gasteiger partial charge is 0.237 e. The highest BCUT2D eigenvalue weighted by Crippen LogP contribution is 2.26. The van der Waals surface area contributed by atoms with Gasteiger partial charge in [-0.05, 0) is 53.8 Å². The predicted molar refractivity (Wildman–Crippen MR) is 121 cm³/mol. The summed E-state index contributed by atoms with van der Waals surface area (Å²) in [5.41, 5.74) is 8.51. The largest absolute Gasteiger partial charge is 0.344 e. The summed E-state index contributed by atoms with van der Waals surface area (Å²) in [6, 6.07) is 17.1. The minimum Gasteiger partial charge on any atom is -0.344 e. The fraction of sp³-hybridized carbons (Fsp3) is 0.333. The molecule has 1 fully saturated rings. The van der Waals surface area contributed by atoms with Gasteiger partial charge in [-0.1, -0.05) is 48.5 Å². The molecule has 0 bridgehead atoms. The Morgan fingerprint density at radius 2 is 1.97 bits per heavy atom. The number of nitrogens with one attached hydrogen (secondary N) is 1. The summed E-state index contributed by atoms with van der Waals surface area (Å²) in [6.07, 6.45) is 3.23. The number of carbonyl (C=O) groups is 2. The number of rotatable bonds is 8. The number of thiophene rings is 1. The third-order valence-electron chi connectivity index (χ3n) is 5.85. The van der Waals surface area contributed by atoms with E-state index in [4.69, 9.17) is 5.73 Å². The minimum atomic E-state index is -0.686. The van der Waals surface area contributed by atoms with Crippen LogP contribution in [0.4, 0.5) is 0 Å². The normalized spacial score (nSPS) is 18.9. The van der Waals surface area contributed by atoms with Crippen LogP contribution in [0.15, 0.2) is 60.0 Å². The molecule has 3 aromatic rings. The zero-order chi connectivity index (χ0) is 20.9. The number of likely N-dealkylation sites (tertiary alicyclic amines) is 1. The molecule has 30 heavy (non-hydrogen) atoms. The number of hydrogen-bond donors (Lipinski definition) is 2. The molecular weight excluding hydrogens is 394 g/mol. The van der Waals surface area contributed by atoms with E-state index in [2.05, 4.69) is 39.9 Å². The molecule has 4 rings (SSSR count). The molecule has 156 valence electrons. The van der Waals surface area contributed by atoms with Crippen LogP contribution in [-0.4, -0.2) is 41.8 Å². The van der Waals surface area contributed by atoms with E-state index in [1.165, 1.54) is 10.3 Å². The maximum Gasteiger partial charge on any atom is 0.237 e. The van der Waals surface area contributed by atoms with Crippen LogP contribution in [0.1, 0.15) is 24.0 Å². The van der Waals surface area contributed by atoms with Gasteiger partial charge in [0.15, 0.2) is 0 Å². The van der Waals surface area contributed by atoms with E-state index in [0.717, 1.165) is 43.2 Å². The van der Waals surface area contributed by atoms with Gasteiger partial charge < -0.3 is 15.8 Å². The summed E-state index contributed by atoms with van der Waals surface area (Å²) in [5, 5.41) is 6.12. The monoisotopic (exact) mass is 421 g/mol. The summed E-state index contributed by atoms with van der Waals surface area (Å²) >= 11 is 1.66. The van der Waals surface area contributed by atoms with E-state index in [0.29, 0.717) is 6.42 Å². The molecule has 1 amide bonds. The van der Waals surface area contributed by atoms with Gasteiger partial charge in [0.2, 0.25) is 5.91 Å². The lowest BCUT2D eigenvalue weighted by molar-refractivity contribution is -0.126. The van der Waals surface area contributed by atoms with E-state index in [1.54, 1.807) is 11.3 Å². The molecule has 0 radical (unpaired) electrons. The molecule has 1 aromatic heterocycles. The summed E-state index contributed by atoms with van der Waals surface area (Å²) in [4.78, 5) is 26.9. The molecule has 1 aliphatic heterocycles. The Morgan fingerprint density at radius 1 is 1.20 bits per heavy atom. The zero-order valence-electron chi connectivity index (χ0n) is 16.9. The van der Waals surface area contributed by atoms with Crippen molar-refractivity contribution in [2.45, 2.75) is 43.9 Å². The van der Waals surface area contributed by atoms with E-state index in [1.807, 2.05) is 30.3 Å². The van der Waals surface area contributed by atoms with Gasteiger partial charge in [-0.3, -0.25) is 9.69 Å². The van der Waals surface area contributed by atoms with Crippen molar-refractivity contribution in [2.75, 3.05) is 6.54 Å². The second kappa shape index (κ2) is 9.51. The average Bonchev–Trinajstić information content (AvgIpc) is 3.40. The fourth-order valence-electron chi connectivity index (χ4n) is 4.29. The Balaban J connectivity index is 1.39. The lowest BCUT2D eigenvalue weighted by atomic mass is 10.0. The average molecular weight is 422 g/mol. The molecule has 1 aliphatic rings. The Bertz CT molecular complexity index is 1000. The highest BCUT2D eigenvalue weighted by molar-refractivity contribution is 7.17. The van der Waals surface area contributed by atoms with Crippen LogP contribution < -0.4 is 11.1 Å².